The molecule has 2 rings (SSSR count). The zero-order valence-corrected chi connectivity index (χ0v) is 11.7. The number of nitrogens with zero attached hydrogens (tertiary/aromatic N) is 1. The minimum Gasteiger partial charge on any atom is -0.329 e. The van der Waals surface area contributed by atoms with E-state index in [0.29, 0.717) is 24.0 Å². The molecule has 17 heavy (non-hydrogen) atoms. The van der Waals surface area contributed by atoms with Gasteiger partial charge >= 0.3 is 0 Å². The SMILES string of the molecule is CC1CCC(CN)(N(C)C2CCS(=O)(=O)C2)C1. The first-order chi connectivity index (χ1) is 7.88. The quantitative estimate of drug-likeness (QED) is 0.808. The molecule has 0 spiro atoms. The number of hydrogen-bond donors (Lipinski definition) is 1. The van der Waals surface area contributed by atoms with Crippen LogP contribution in [0.2, 0.25) is 0 Å². The van der Waals surface area contributed by atoms with Crippen LogP contribution in [0.15, 0.2) is 0 Å². The van der Waals surface area contributed by atoms with Crippen LogP contribution in [-0.2, 0) is 9.84 Å². The molecule has 1 aliphatic heterocycles. The monoisotopic (exact) mass is 260 g/mol. The van der Waals surface area contributed by atoms with Crippen LogP contribution in [0.1, 0.15) is 32.6 Å². The van der Waals surface area contributed by atoms with E-state index in [9.17, 15) is 8.42 Å². The van der Waals surface area contributed by atoms with Crippen molar-refractivity contribution in [3.8, 4) is 0 Å². The zero-order chi connectivity index (χ0) is 12.7. The fourth-order valence-corrected chi connectivity index (χ4v) is 5.26. The molecule has 0 radical (unpaired) electrons. The van der Waals surface area contributed by atoms with Gasteiger partial charge in [0, 0.05) is 18.1 Å². The van der Waals surface area contributed by atoms with E-state index in [4.69, 9.17) is 5.73 Å². The third-order valence-corrected chi connectivity index (χ3v) is 6.47. The minimum absolute atomic E-state index is 0.0456. The van der Waals surface area contributed by atoms with Crippen LogP contribution < -0.4 is 5.73 Å². The molecule has 1 heterocycles. The van der Waals surface area contributed by atoms with Crippen LogP contribution >= 0.6 is 0 Å². The highest BCUT2D eigenvalue weighted by Crippen LogP contribution is 2.39. The first kappa shape index (κ1) is 13.3. The van der Waals surface area contributed by atoms with Crippen molar-refractivity contribution in [3.63, 3.8) is 0 Å². The summed E-state index contributed by atoms with van der Waals surface area (Å²) in [7, 11) is -0.735. The molecular weight excluding hydrogens is 236 g/mol. The highest BCUT2D eigenvalue weighted by atomic mass is 32.2. The van der Waals surface area contributed by atoms with E-state index in [-0.39, 0.29) is 11.6 Å². The van der Waals surface area contributed by atoms with Crippen LogP contribution in [0.5, 0.6) is 0 Å². The van der Waals surface area contributed by atoms with Crippen LogP contribution in [0.4, 0.5) is 0 Å². The van der Waals surface area contributed by atoms with Crippen LogP contribution in [0, 0.1) is 5.92 Å². The Bertz CT molecular complexity index is 382. The second-order valence-corrected chi connectivity index (χ2v) is 8.17. The summed E-state index contributed by atoms with van der Waals surface area (Å²) in [6, 6.07) is 0.175. The van der Waals surface area contributed by atoms with Gasteiger partial charge in [-0.1, -0.05) is 6.92 Å². The van der Waals surface area contributed by atoms with Gasteiger partial charge in [-0.3, -0.25) is 4.90 Å². The molecule has 0 aromatic rings. The number of nitrogens with two attached hydrogens (primary N) is 1. The van der Waals surface area contributed by atoms with Gasteiger partial charge in [0.15, 0.2) is 9.84 Å². The van der Waals surface area contributed by atoms with Crippen molar-refractivity contribution >= 4 is 9.84 Å². The normalized spacial score (nSPS) is 41.2. The van der Waals surface area contributed by atoms with Crippen molar-refractivity contribution in [1.29, 1.82) is 0 Å². The van der Waals surface area contributed by atoms with Crippen molar-refractivity contribution in [2.24, 2.45) is 11.7 Å². The Kier molecular flexibility index (Phi) is 3.54. The molecule has 0 aromatic carbocycles. The zero-order valence-electron chi connectivity index (χ0n) is 10.9. The lowest BCUT2D eigenvalue weighted by molar-refractivity contribution is 0.0894. The lowest BCUT2D eigenvalue weighted by Gasteiger charge is -2.41. The van der Waals surface area contributed by atoms with E-state index in [2.05, 4.69) is 18.9 Å². The van der Waals surface area contributed by atoms with Gasteiger partial charge in [0.2, 0.25) is 0 Å². The molecular formula is C12H24N2O2S. The first-order valence-corrected chi connectivity index (χ1v) is 8.34. The van der Waals surface area contributed by atoms with Crippen LogP contribution in [0.25, 0.3) is 0 Å². The van der Waals surface area contributed by atoms with E-state index in [0.717, 1.165) is 19.3 Å². The summed E-state index contributed by atoms with van der Waals surface area (Å²) in [5.74, 6) is 1.37. The third kappa shape index (κ3) is 2.51. The highest BCUT2D eigenvalue weighted by molar-refractivity contribution is 7.91. The molecule has 2 fully saturated rings. The summed E-state index contributed by atoms with van der Waals surface area (Å²) in [6.45, 7) is 2.90. The lowest BCUT2D eigenvalue weighted by atomic mass is 9.92. The van der Waals surface area contributed by atoms with E-state index >= 15 is 0 Å². The van der Waals surface area contributed by atoms with Gasteiger partial charge in [-0.2, -0.15) is 0 Å². The van der Waals surface area contributed by atoms with Gasteiger partial charge in [0.1, 0.15) is 0 Å². The smallest absolute Gasteiger partial charge is 0.151 e. The maximum atomic E-state index is 11.6. The van der Waals surface area contributed by atoms with Crippen molar-refractivity contribution in [1.82, 2.24) is 4.90 Å². The van der Waals surface area contributed by atoms with E-state index in [1.165, 1.54) is 6.42 Å². The average molecular weight is 260 g/mol. The molecule has 3 atom stereocenters. The summed E-state index contributed by atoms with van der Waals surface area (Å²) in [5, 5.41) is 0. The molecule has 2 N–H and O–H groups in total. The molecule has 100 valence electrons. The second kappa shape index (κ2) is 4.52. The summed E-state index contributed by atoms with van der Waals surface area (Å²) < 4.78 is 23.1. The standard InChI is InChI=1S/C12H24N2O2S/c1-10-3-5-12(7-10,9-13)14(2)11-4-6-17(15,16)8-11/h10-11H,3-9,13H2,1-2H3. The van der Waals surface area contributed by atoms with E-state index < -0.39 is 9.84 Å². The van der Waals surface area contributed by atoms with E-state index in [1.807, 2.05) is 0 Å². The Morgan fingerprint density at radius 2 is 2.12 bits per heavy atom. The van der Waals surface area contributed by atoms with Gasteiger partial charge in [-0.15, -0.1) is 0 Å². The molecule has 1 aliphatic carbocycles. The first-order valence-electron chi connectivity index (χ1n) is 6.52. The summed E-state index contributed by atoms with van der Waals surface area (Å²) in [5.41, 5.74) is 6.02. The van der Waals surface area contributed by atoms with Gasteiger partial charge in [0.25, 0.3) is 0 Å². The Labute approximate surface area is 104 Å². The minimum atomic E-state index is -2.80. The molecule has 1 saturated carbocycles. The summed E-state index contributed by atoms with van der Waals surface area (Å²) in [4.78, 5) is 2.28. The molecule has 0 aromatic heterocycles. The molecule has 1 saturated heterocycles. The van der Waals surface area contributed by atoms with E-state index in [1.54, 1.807) is 0 Å². The Hall–Kier alpha value is -0.130. The Balaban J connectivity index is 2.11. The molecule has 2 aliphatic rings. The maximum absolute atomic E-state index is 11.6. The maximum Gasteiger partial charge on any atom is 0.151 e. The van der Waals surface area contributed by atoms with Crippen molar-refractivity contribution < 1.29 is 8.42 Å². The third-order valence-electron chi connectivity index (χ3n) is 4.72. The average Bonchev–Trinajstić information content (AvgIpc) is 2.82. The molecule has 3 unspecified atom stereocenters. The molecule has 5 heteroatoms. The number of sulfone groups is 1. The fraction of sp³-hybridized carbons (Fsp3) is 1.00. The highest BCUT2D eigenvalue weighted by Gasteiger charge is 2.44. The van der Waals surface area contributed by atoms with Gasteiger partial charge in [0.05, 0.1) is 11.5 Å². The Morgan fingerprint density at radius 1 is 1.41 bits per heavy atom. The molecule has 0 bridgehead atoms. The van der Waals surface area contributed by atoms with Crippen molar-refractivity contribution in [2.75, 3.05) is 25.1 Å². The van der Waals surface area contributed by atoms with Crippen molar-refractivity contribution in [3.05, 3.63) is 0 Å². The Morgan fingerprint density at radius 3 is 2.53 bits per heavy atom. The largest absolute Gasteiger partial charge is 0.329 e. The molecule has 0 amide bonds. The molecule has 4 nitrogen and oxygen atoms in total. The summed E-state index contributed by atoms with van der Waals surface area (Å²) >= 11 is 0. The lowest BCUT2D eigenvalue weighted by Crippen LogP contribution is -2.54. The van der Waals surface area contributed by atoms with Gasteiger partial charge in [-0.05, 0) is 38.6 Å². The predicted molar refractivity (Wildman–Crippen MR) is 69.6 cm³/mol. The van der Waals surface area contributed by atoms with Crippen molar-refractivity contribution in [2.45, 2.75) is 44.2 Å². The second-order valence-electron chi connectivity index (χ2n) is 5.94. The number of likely N-dealkylation sites (N-methyl/N-ethyl adjacent to an activating group) is 1. The number of rotatable bonds is 3. The topological polar surface area (TPSA) is 63.4 Å². The fourth-order valence-electron chi connectivity index (χ4n) is 3.49. The predicted octanol–water partition coefficient (Wildman–Crippen LogP) is 0.623. The van der Waals surface area contributed by atoms with Crippen LogP contribution in [-0.4, -0.2) is 50.0 Å². The van der Waals surface area contributed by atoms with Gasteiger partial charge < -0.3 is 5.73 Å². The summed E-state index contributed by atoms with van der Waals surface area (Å²) in [6.07, 6.45) is 4.20. The number of hydrogen-bond acceptors (Lipinski definition) is 4. The van der Waals surface area contributed by atoms with Crippen LogP contribution in [0.3, 0.4) is 0 Å². The van der Waals surface area contributed by atoms with Gasteiger partial charge in [-0.25, -0.2) is 8.42 Å².